The normalized spacial score (nSPS) is 14.3. The minimum atomic E-state index is -4.52. The van der Waals surface area contributed by atoms with E-state index in [1.54, 1.807) is 13.1 Å². The highest BCUT2D eigenvalue weighted by Gasteiger charge is 2.32. The summed E-state index contributed by atoms with van der Waals surface area (Å²) >= 11 is 2.99. The first-order valence-electron chi connectivity index (χ1n) is 10.4. The number of hydrogen-bond acceptors (Lipinski definition) is 7. The predicted octanol–water partition coefficient (Wildman–Crippen LogP) is 6.39. The third kappa shape index (κ3) is 5.92. The van der Waals surface area contributed by atoms with Gasteiger partial charge in [0.15, 0.2) is 17.3 Å². The third-order valence-electron chi connectivity index (χ3n) is 4.66. The van der Waals surface area contributed by atoms with Gasteiger partial charge in [-0.3, -0.25) is 4.98 Å². The van der Waals surface area contributed by atoms with Crippen LogP contribution in [-0.2, 0) is 13.2 Å². The Hall–Kier alpha value is -2.12. The lowest BCUT2D eigenvalue weighted by atomic mass is 10.1. The number of hydroxylamine groups is 2. The van der Waals surface area contributed by atoms with Crippen molar-refractivity contribution in [1.82, 2.24) is 24.6 Å². The Kier molecular flexibility index (Phi) is 7.40. The summed E-state index contributed by atoms with van der Waals surface area (Å²) in [5, 5.41) is 31.2. The Bertz CT molecular complexity index is 1180. The number of halogens is 3. The van der Waals surface area contributed by atoms with Crippen molar-refractivity contribution in [3.8, 4) is 22.9 Å². The van der Waals surface area contributed by atoms with Crippen LogP contribution in [0.2, 0.25) is 0 Å². The highest BCUT2D eigenvalue weighted by atomic mass is 32.2. The molecule has 1 N–H and O–H groups in total. The van der Waals surface area contributed by atoms with Gasteiger partial charge in [0, 0.05) is 34.5 Å². The molecule has 0 aliphatic rings. The number of benzene rings is 1. The molecular formula is C22H26F3N5O2S2. The van der Waals surface area contributed by atoms with Crippen LogP contribution in [0.25, 0.3) is 22.9 Å². The highest BCUT2D eigenvalue weighted by Crippen LogP contribution is 2.45. The summed E-state index contributed by atoms with van der Waals surface area (Å²) in [5.74, 6) is 1.22. The molecule has 1 atom stereocenters. The van der Waals surface area contributed by atoms with Crippen molar-refractivity contribution in [2.45, 2.75) is 48.4 Å². The zero-order chi connectivity index (χ0) is 25.5. The molecule has 2 heterocycles. The predicted molar refractivity (Wildman–Crippen MR) is 130 cm³/mol. The molecule has 0 radical (unpaired) electrons. The van der Waals surface area contributed by atoms with Gasteiger partial charge in [-0.2, -0.15) is 18.0 Å². The van der Waals surface area contributed by atoms with Crippen molar-refractivity contribution < 1.29 is 18.4 Å². The van der Waals surface area contributed by atoms with Gasteiger partial charge in [0.2, 0.25) is 0 Å². The van der Waals surface area contributed by atoms with Gasteiger partial charge < -0.3 is 9.77 Å². The first kappa shape index (κ1) is 26.5. The molecule has 0 aliphatic heterocycles. The van der Waals surface area contributed by atoms with Crippen LogP contribution in [0.1, 0.15) is 33.3 Å². The average Bonchev–Trinajstić information content (AvgIpc) is 3.07. The molecule has 3 rings (SSSR count). The number of quaternary nitrogens is 1. The third-order valence-corrected chi connectivity index (χ3v) is 6.75. The minimum absolute atomic E-state index is 0.0208. The smallest absolute Gasteiger partial charge is 0.416 e. The molecule has 12 heteroatoms. The molecule has 184 valence electrons. The molecule has 2 aromatic heterocycles. The van der Waals surface area contributed by atoms with Gasteiger partial charge in [-0.15, -0.1) is 33.7 Å². The fourth-order valence-electron chi connectivity index (χ4n) is 3.25. The van der Waals surface area contributed by atoms with Crippen LogP contribution in [0.4, 0.5) is 18.9 Å². The topological polar surface area (TPSA) is 86.9 Å². The second-order valence-corrected chi connectivity index (χ2v) is 11.9. The van der Waals surface area contributed by atoms with Crippen molar-refractivity contribution in [3.05, 3.63) is 41.2 Å². The zero-order valence-electron chi connectivity index (χ0n) is 19.6. The number of rotatable bonds is 6. The van der Waals surface area contributed by atoms with E-state index < -0.39 is 16.5 Å². The van der Waals surface area contributed by atoms with Crippen molar-refractivity contribution in [3.63, 3.8) is 0 Å². The van der Waals surface area contributed by atoms with E-state index in [9.17, 15) is 23.6 Å². The van der Waals surface area contributed by atoms with Crippen LogP contribution in [0, 0.1) is 5.21 Å². The largest absolute Gasteiger partial charge is 0.593 e. The first-order chi connectivity index (χ1) is 15.6. The minimum Gasteiger partial charge on any atom is -0.593 e. The van der Waals surface area contributed by atoms with E-state index in [0.717, 1.165) is 36.0 Å². The van der Waals surface area contributed by atoms with Crippen molar-refractivity contribution in [2.24, 2.45) is 7.05 Å². The monoisotopic (exact) mass is 513 g/mol. The number of aromatic nitrogens is 4. The molecule has 0 saturated heterocycles. The van der Waals surface area contributed by atoms with Crippen LogP contribution in [0.3, 0.4) is 0 Å². The average molecular weight is 514 g/mol. The molecular weight excluding hydrogens is 487 g/mol. The second kappa shape index (κ2) is 9.50. The van der Waals surface area contributed by atoms with Crippen LogP contribution in [0.15, 0.2) is 40.3 Å². The highest BCUT2D eigenvalue weighted by molar-refractivity contribution is 8.01. The fraction of sp³-hybridized carbons (Fsp3) is 0.409. The Morgan fingerprint density at radius 3 is 2.29 bits per heavy atom. The molecule has 1 aromatic carbocycles. The van der Waals surface area contributed by atoms with E-state index in [1.807, 2.05) is 33.8 Å². The van der Waals surface area contributed by atoms with Crippen LogP contribution in [0.5, 0.6) is 0 Å². The lowest BCUT2D eigenvalue weighted by Gasteiger charge is -2.32. The zero-order valence-corrected chi connectivity index (χ0v) is 21.3. The molecule has 3 aromatic rings. The second-order valence-electron chi connectivity index (χ2n) is 8.68. The number of hydrogen-bond donors (Lipinski definition) is 1. The van der Waals surface area contributed by atoms with E-state index in [2.05, 4.69) is 15.2 Å². The summed E-state index contributed by atoms with van der Waals surface area (Å²) in [5.41, 5.74) is -0.137. The Morgan fingerprint density at radius 2 is 1.74 bits per heavy atom. The summed E-state index contributed by atoms with van der Waals surface area (Å²) in [4.78, 5) is 3.84. The maximum atomic E-state index is 13.2. The molecule has 0 amide bonds. The van der Waals surface area contributed by atoms with Crippen LogP contribution < -0.4 is 4.81 Å². The SMILES string of the molecule is CCSc1cc(SC(C)(C)C)c([N+](C)([O-])O)cc1-c1nnc(-c2cc(C(F)(F)F)ccn2)n1C. The molecule has 34 heavy (non-hydrogen) atoms. The van der Waals surface area contributed by atoms with E-state index in [1.165, 1.54) is 28.1 Å². The molecule has 0 saturated carbocycles. The molecule has 0 spiro atoms. The van der Waals surface area contributed by atoms with Crippen LogP contribution >= 0.6 is 23.5 Å². The lowest BCUT2D eigenvalue weighted by Crippen LogP contribution is -2.34. The van der Waals surface area contributed by atoms with Gasteiger partial charge in [-0.1, -0.05) is 27.7 Å². The van der Waals surface area contributed by atoms with E-state index in [4.69, 9.17) is 0 Å². The quantitative estimate of drug-likeness (QED) is 0.232. The standard InChI is InChI=1S/C22H26F3N5O2S2/c1-7-33-17-12-18(34-21(2,3)4)16(30(6,31)32)11-14(17)19-27-28-20(29(19)5)15-10-13(8-9-26-15)22(23,24)25/h8-12,31H,7H2,1-6H3. The van der Waals surface area contributed by atoms with Gasteiger partial charge >= 0.3 is 6.18 Å². The van der Waals surface area contributed by atoms with E-state index in [0.29, 0.717) is 16.3 Å². The Labute approximate surface area is 204 Å². The van der Waals surface area contributed by atoms with Gasteiger partial charge in [0.05, 0.1) is 10.5 Å². The lowest BCUT2D eigenvalue weighted by molar-refractivity contribution is -0.137. The Morgan fingerprint density at radius 1 is 1.09 bits per heavy atom. The number of nitrogens with zero attached hydrogens (tertiary/aromatic N) is 5. The summed E-state index contributed by atoms with van der Waals surface area (Å²) in [6.45, 7) is 8.00. The Balaban J connectivity index is 2.19. The van der Waals surface area contributed by atoms with E-state index >= 15 is 0 Å². The summed E-state index contributed by atoms with van der Waals surface area (Å²) in [7, 11) is 2.74. The van der Waals surface area contributed by atoms with Gasteiger partial charge in [-0.25, -0.2) is 5.21 Å². The van der Waals surface area contributed by atoms with Gasteiger partial charge in [-0.05, 0) is 24.0 Å². The maximum Gasteiger partial charge on any atom is 0.416 e. The summed E-state index contributed by atoms with van der Waals surface area (Å²) in [6, 6.07) is 5.23. The molecule has 1 unspecified atom stereocenters. The fourth-order valence-corrected chi connectivity index (χ4v) is 5.31. The maximum absolute atomic E-state index is 13.2. The van der Waals surface area contributed by atoms with Crippen LogP contribution in [-0.4, -0.2) is 42.5 Å². The van der Waals surface area contributed by atoms with Gasteiger partial charge in [0.25, 0.3) is 0 Å². The molecule has 7 nitrogen and oxygen atoms in total. The molecule has 0 bridgehead atoms. The van der Waals surface area contributed by atoms with Crippen molar-refractivity contribution in [2.75, 3.05) is 12.8 Å². The van der Waals surface area contributed by atoms with Crippen molar-refractivity contribution in [1.29, 1.82) is 0 Å². The molecule has 0 fully saturated rings. The van der Waals surface area contributed by atoms with E-state index in [-0.39, 0.29) is 22.0 Å². The van der Waals surface area contributed by atoms with Crippen molar-refractivity contribution >= 4 is 29.2 Å². The number of pyridine rings is 1. The van der Waals surface area contributed by atoms with Gasteiger partial charge in [0.1, 0.15) is 12.7 Å². The molecule has 0 aliphatic carbocycles. The summed E-state index contributed by atoms with van der Waals surface area (Å²) in [6.07, 6.45) is -3.44. The first-order valence-corrected chi connectivity index (χ1v) is 12.2. The number of alkyl halides is 3. The summed E-state index contributed by atoms with van der Waals surface area (Å²) < 4.78 is 40.8. The number of thioether (sulfide) groups is 2.